The molecule has 2 rings (SSSR count). The number of nitriles is 1. The van der Waals surface area contributed by atoms with E-state index in [1.165, 1.54) is 12.0 Å². The molecule has 1 heterocycles. The van der Waals surface area contributed by atoms with Crippen molar-refractivity contribution in [3.63, 3.8) is 0 Å². The fourth-order valence-corrected chi connectivity index (χ4v) is 2.96. The Kier molecular flexibility index (Phi) is 5.19. The van der Waals surface area contributed by atoms with Crippen LogP contribution in [-0.2, 0) is 9.47 Å². The van der Waals surface area contributed by atoms with Gasteiger partial charge in [0.05, 0.1) is 30.7 Å². The van der Waals surface area contributed by atoms with Gasteiger partial charge in [0.25, 0.3) is 0 Å². The Hall–Kier alpha value is -2.07. The number of rotatable bonds is 2. The molecule has 1 aliphatic heterocycles. The number of carbonyl (C=O) groups is 2. The van der Waals surface area contributed by atoms with E-state index >= 15 is 0 Å². The summed E-state index contributed by atoms with van der Waals surface area (Å²) in [5, 5.41) is 9.35. The predicted molar refractivity (Wildman–Crippen MR) is 90.3 cm³/mol. The average molecular weight is 395 g/mol. The Balaban J connectivity index is 2.40. The maximum Gasteiger partial charge on any atom is 0.410 e. The van der Waals surface area contributed by atoms with Crippen LogP contribution in [0.1, 0.15) is 42.7 Å². The number of methoxy groups -OCH3 is 1. The third-order valence-corrected chi connectivity index (χ3v) is 4.13. The number of halogens is 1. The average Bonchev–Trinajstić information content (AvgIpc) is 2.44. The predicted octanol–water partition coefficient (Wildman–Crippen LogP) is 3.67. The van der Waals surface area contributed by atoms with Crippen molar-refractivity contribution in [2.45, 2.75) is 32.4 Å². The van der Waals surface area contributed by atoms with E-state index in [1.54, 1.807) is 39.0 Å². The summed E-state index contributed by atoms with van der Waals surface area (Å²) < 4.78 is 10.9. The highest BCUT2D eigenvalue weighted by Crippen LogP contribution is 2.41. The molecule has 0 aliphatic carbocycles. The van der Waals surface area contributed by atoms with Crippen LogP contribution in [0.2, 0.25) is 0 Å². The molecule has 1 saturated heterocycles. The maximum absolute atomic E-state index is 12.4. The topological polar surface area (TPSA) is 79.6 Å². The van der Waals surface area contributed by atoms with E-state index in [1.807, 2.05) is 0 Å². The lowest BCUT2D eigenvalue weighted by molar-refractivity contribution is -0.0197. The zero-order valence-electron chi connectivity index (χ0n) is 14.0. The van der Waals surface area contributed by atoms with Crippen LogP contribution < -0.4 is 0 Å². The molecule has 6 nitrogen and oxygen atoms in total. The first-order valence-electron chi connectivity index (χ1n) is 7.45. The first-order valence-corrected chi connectivity index (χ1v) is 8.24. The summed E-state index contributed by atoms with van der Waals surface area (Å²) in [7, 11) is 1.29. The summed E-state index contributed by atoms with van der Waals surface area (Å²) in [6.45, 7) is 5.60. The smallest absolute Gasteiger partial charge is 0.410 e. The van der Waals surface area contributed by atoms with Gasteiger partial charge in [-0.2, -0.15) is 5.26 Å². The summed E-state index contributed by atoms with van der Waals surface area (Å²) in [5.74, 6) is -0.916. The van der Waals surface area contributed by atoms with Gasteiger partial charge in [0.15, 0.2) is 0 Å². The summed E-state index contributed by atoms with van der Waals surface area (Å²) in [4.78, 5) is 25.9. The van der Waals surface area contributed by atoms with Gasteiger partial charge in [-0.05, 0) is 44.5 Å². The van der Waals surface area contributed by atoms with Gasteiger partial charge in [-0.25, -0.2) is 9.59 Å². The van der Waals surface area contributed by atoms with E-state index in [4.69, 9.17) is 9.47 Å². The van der Waals surface area contributed by atoms with E-state index in [9.17, 15) is 14.9 Å². The highest BCUT2D eigenvalue weighted by molar-refractivity contribution is 9.10. The van der Waals surface area contributed by atoms with Crippen LogP contribution in [0.5, 0.6) is 0 Å². The van der Waals surface area contributed by atoms with Crippen LogP contribution in [0.15, 0.2) is 22.7 Å². The second-order valence-electron chi connectivity index (χ2n) is 6.54. The van der Waals surface area contributed by atoms with Gasteiger partial charge in [-0.1, -0.05) is 15.9 Å². The zero-order chi connectivity index (χ0) is 18.1. The van der Waals surface area contributed by atoms with Crippen LogP contribution in [0.4, 0.5) is 4.79 Å². The number of benzene rings is 1. The molecule has 128 valence electrons. The first kappa shape index (κ1) is 18.3. The van der Waals surface area contributed by atoms with Gasteiger partial charge in [-0.15, -0.1) is 0 Å². The van der Waals surface area contributed by atoms with Crippen LogP contribution >= 0.6 is 15.9 Å². The lowest BCUT2D eigenvalue weighted by atomic mass is 9.82. The molecule has 0 aromatic heterocycles. The highest BCUT2D eigenvalue weighted by Gasteiger charge is 2.46. The molecule has 7 heteroatoms. The Labute approximate surface area is 149 Å². The van der Waals surface area contributed by atoms with Crippen LogP contribution in [0.3, 0.4) is 0 Å². The molecule has 1 amide bonds. The Bertz CT molecular complexity index is 706. The van der Waals surface area contributed by atoms with Gasteiger partial charge >= 0.3 is 12.1 Å². The fraction of sp³-hybridized carbons (Fsp3) is 0.471. The third kappa shape index (κ3) is 3.70. The third-order valence-electron chi connectivity index (χ3n) is 3.64. The number of carbonyl (C=O) groups excluding carboxylic acids is 2. The molecule has 2 unspecified atom stereocenters. The number of ether oxygens (including phenoxy) is 2. The minimum Gasteiger partial charge on any atom is -0.465 e. The van der Waals surface area contributed by atoms with Crippen molar-refractivity contribution in [1.82, 2.24) is 4.90 Å². The molecular formula is C17H19BrN2O4. The van der Waals surface area contributed by atoms with E-state index in [2.05, 4.69) is 22.0 Å². The van der Waals surface area contributed by atoms with E-state index in [0.29, 0.717) is 11.1 Å². The summed E-state index contributed by atoms with van der Waals surface area (Å²) in [5.41, 5.74) is 0.265. The van der Waals surface area contributed by atoms with Crippen molar-refractivity contribution in [3.8, 4) is 6.07 Å². The molecule has 2 atom stereocenters. The van der Waals surface area contributed by atoms with Gasteiger partial charge in [0, 0.05) is 11.0 Å². The molecule has 1 aromatic carbocycles. The number of amides is 1. The maximum atomic E-state index is 12.4. The first-order chi connectivity index (χ1) is 11.2. The standard InChI is InChI=1S/C17H19BrN2O4/c1-17(2,3)24-16(22)20-9-10(8-19)14(20)13-7-11(18)5-6-12(13)15(21)23-4/h5-7,10,14H,9H2,1-4H3. The van der Waals surface area contributed by atoms with Crippen molar-refractivity contribution in [1.29, 1.82) is 5.26 Å². The van der Waals surface area contributed by atoms with Gasteiger partial charge in [0.2, 0.25) is 0 Å². The van der Waals surface area contributed by atoms with Gasteiger partial charge in [-0.3, -0.25) is 4.90 Å². The molecule has 1 aliphatic rings. The van der Waals surface area contributed by atoms with Crippen molar-refractivity contribution in [2.24, 2.45) is 5.92 Å². The molecule has 24 heavy (non-hydrogen) atoms. The van der Waals surface area contributed by atoms with E-state index < -0.39 is 29.6 Å². The van der Waals surface area contributed by atoms with Crippen molar-refractivity contribution in [3.05, 3.63) is 33.8 Å². The van der Waals surface area contributed by atoms with E-state index in [-0.39, 0.29) is 6.54 Å². The minimum absolute atomic E-state index is 0.267. The molecule has 0 spiro atoms. The Morgan fingerprint density at radius 1 is 1.38 bits per heavy atom. The minimum atomic E-state index is -0.637. The second-order valence-corrected chi connectivity index (χ2v) is 7.45. The molecule has 0 saturated carbocycles. The monoisotopic (exact) mass is 394 g/mol. The van der Waals surface area contributed by atoms with Crippen molar-refractivity contribution >= 4 is 28.0 Å². The quantitative estimate of drug-likeness (QED) is 0.714. The lowest BCUT2D eigenvalue weighted by Crippen LogP contribution is -2.53. The number of likely N-dealkylation sites (tertiary alicyclic amines) is 1. The highest BCUT2D eigenvalue weighted by atomic mass is 79.9. The van der Waals surface area contributed by atoms with Crippen molar-refractivity contribution < 1.29 is 19.1 Å². The van der Waals surface area contributed by atoms with Gasteiger partial charge < -0.3 is 9.47 Å². The molecule has 1 fully saturated rings. The molecule has 0 N–H and O–H groups in total. The summed E-state index contributed by atoms with van der Waals surface area (Å²) >= 11 is 3.37. The number of nitrogens with zero attached hydrogens (tertiary/aromatic N) is 2. The molecule has 0 bridgehead atoms. The molecular weight excluding hydrogens is 376 g/mol. The number of hydrogen-bond acceptors (Lipinski definition) is 5. The summed E-state index contributed by atoms with van der Waals surface area (Å²) in [6, 6.07) is 6.71. The SMILES string of the molecule is COC(=O)c1ccc(Br)cc1C1C(C#N)CN1C(=O)OC(C)(C)C. The Morgan fingerprint density at radius 2 is 2.04 bits per heavy atom. The fourth-order valence-electron chi connectivity index (χ4n) is 2.58. The zero-order valence-corrected chi connectivity index (χ0v) is 15.6. The number of esters is 1. The lowest BCUT2D eigenvalue weighted by Gasteiger charge is -2.45. The largest absolute Gasteiger partial charge is 0.465 e. The van der Waals surface area contributed by atoms with Gasteiger partial charge in [0.1, 0.15) is 5.60 Å². The second kappa shape index (κ2) is 6.81. The molecule has 1 aromatic rings. The Morgan fingerprint density at radius 3 is 2.58 bits per heavy atom. The summed E-state index contributed by atoms with van der Waals surface area (Å²) in [6.07, 6.45) is -0.505. The normalized spacial score (nSPS) is 19.9. The van der Waals surface area contributed by atoms with Crippen LogP contribution in [0, 0.1) is 17.2 Å². The van der Waals surface area contributed by atoms with Crippen LogP contribution in [-0.4, -0.2) is 36.2 Å². The molecule has 0 radical (unpaired) electrons. The van der Waals surface area contributed by atoms with E-state index in [0.717, 1.165) is 4.47 Å². The van der Waals surface area contributed by atoms with Crippen molar-refractivity contribution in [2.75, 3.05) is 13.7 Å². The number of hydrogen-bond donors (Lipinski definition) is 0. The van der Waals surface area contributed by atoms with Crippen LogP contribution in [0.25, 0.3) is 0 Å².